The molecule has 0 spiro atoms. The standard InChI is InChI=1S/C9H9FN2O2/c10-8-7(9(11)13)3-6(4-12-8)14-5-1-2-5/h3-5H,1-2H2,(H2,11,13). The maximum Gasteiger partial charge on any atom is 0.253 e. The van der Waals surface area contributed by atoms with E-state index in [0.717, 1.165) is 12.8 Å². The molecule has 2 N–H and O–H groups in total. The third-order valence-corrected chi connectivity index (χ3v) is 1.91. The summed E-state index contributed by atoms with van der Waals surface area (Å²) >= 11 is 0. The Bertz CT molecular complexity index is 377. The number of aromatic nitrogens is 1. The number of carbonyl (C=O) groups excluding carboxylic acids is 1. The average molecular weight is 196 g/mol. The van der Waals surface area contributed by atoms with Gasteiger partial charge in [-0.2, -0.15) is 4.39 Å². The number of primary amides is 1. The number of hydrogen-bond donors (Lipinski definition) is 1. The molecule has 0 atom stereocenters. The van der Waals surface area contributed by atoms with Gasteiger partial charge in [0, 0.05) is 0 Å². The summed E-state index contributed by atoms with van der Waals surface area (Å²) in [5.74, 6) is -1.31. The smallest absolute Gasteiger partial charge is 0.253 e. The van der Waals surface area contributed by atoms with Crippen molar-refractivity contribution in [2.24, 2.45) is 5.73 Å². The summed E-state index contributed by atoms with van der Waals surface area (Å²) < 4.78 is 18.2. The van der Waals surface area contributed by atoms with E-state index < -0.39 is 11.9 Å². The average Bonchev–Trinajstić information content (AvgIpc) is 2.92. The molecule has 74 valence electrons. The van der Waals surface area contributed by atoms with E-state index in [9.17, 15) is 9.18 Å². The van der Waals surface area contributed by atoms with E-state index in [1.165, 1.54) is 12.3 Å². The summed E-state index contributed by atoms with van der Waals surface area (Å²) in [6.07, 6.45) is 3.41. The van der Waals surface area contributed by atoms with Crippen molar-refractivity contribution in [2.45, 2.75) is 18.9 Å². The number of nitrogens with zero attached hydrogens (tertiary/aromatic N) is 1. The topological polar surface area (TPSA) is 65.2 Å². The van der Waals surface area contributed by atoms with Crippen LogP contribution in [0.25, 0.3) is 0 Å². The summed E-state index contributed by atoms with van der Waals surface area (Å²) in [6.45, 7) is 0. The van der Waals surface area contributed by atoms with Crippen molar-refractivity contribution >= 4 is 5.91 Å². The molecule has 14 heavy (non-hydrogen) atoms. The molecule has 1 fully saturated rings. The highest BCUT2D eigenvalue weighted by Crippen LogP contribution is 2.26. The van der Waals surface area contributed by atoms with Crippen LogP contribution < -0.4 is 10.5 Å². The van der Waals surface area contributed by atoms with Gasteiger partial charge in [0.05, 0.1) is 17.9 Å². The predicted molar refractivity (Wildman–Crippen MR) is 46.4 cm³/mol. The number of nitrogens with two attached hydrogens (primary N) is 1. The fourth-order valence-electron chi connectivity index (χ4n) is 1.04. The first-order valence-corrected chi connectivity index (χ1v) is 4.29. The van der Waals surface area contributed by atoms with Gasteiger partial charge in [-0.3, -0.25) is 4.79 Å². The number of carbonyl (C=O) groups is 1. The molecule has 4 nitrogen and oxygen atoms in total. The molecule has 0 bridgehead atoms. The zero-order valence-corrected chi connectivity index (χ0v) is 7.37. The van der Waals surface area contributed by atoms with Gasteiger partial charge in [0.15, 0.2) is 0 Å². The van der Waals surface area contributed by atoms with Gasteiger partial charge in [-0.15, -0.1) is 0 Å². The highest BCUT2D eigenvalue weighted by molar-refractivity contribution is 5.93. The molecule has 1 aromatic rings. The van der Waals surface area contributed by atoms with Crippen LogP contribution in [0.5, 0.6) is 5.75 Å². The first-order valence-electron chi connectivity index (χ1n) is 4.29. The lowest BCUT2D eigenvalue weighted by Crippen LogP contribution is -2.14. The lowest BCUT2D eigenvalue weighted by atomic mass is 10.2. The van der Waals surface area contributed by atoms with E-state index in [2.05, 4.69) is 4.98 Å². The van der Waals surface area contributed by atoms with Crippen molar-refractivity contribution < 1.29 is 13.9 Å². The number of amides is 1. The number of halogens is 1. The van der Waals surface area contributed by atoms with E-state index in [4.69, 9.17) is 10.5 Å². The van der Waals surface area contributed by atoms with Crippen LogP contribution >= 0.6 is 0 Å². The van der Waals surface area contributed by atoms with Gasteiger partial charge in [0.1, 0.15) is 5.75 Å². The van der Waals surface area contributed by atoms with Gasteiger partial charge < -0.3 is 10.5 Å². The molecule has 1 aliphatic carbocycles. The van der Waals surface area contributed by atoms with Gasteiger partial charge >= 0.3 is 0 Å². The SMILES string of the molecule is NC(=O)c1cc(OC2CC2)cnc1F. The second-order valence-corrected chi connectivity index (χ2v) is 3.19. The number of pyridine rings is 1. The van der Waals surface area contributed by atoms with Gasteiger partial charge in [0.2, 0.25) is 5.95 Å². The molecule has 0 aromatic carbocycles. The van der Waals surface area contributed by atoms with Crippen LogP contribution in [0.3, 0.4) is 0 Å². The molecule has 1 aromatic heterocycles. The monoisotopic (exact) mass is 196 g/mol. The Morgan fingerprint density at radius 1 is 1.64 bits per heavy atom. The van der Waals surface area contributed by atoms with E-state index in [1.807, 2.05) is 0 Å². The molecule has 1 aliphatic rings. The molecule has 1 amide bonds. The summed E-state index contributed by atoms with van der Waals surface area (Å²) in [7, 11) is 0. The Kier molecular flexibility index (Phi) is 2.07. The second-order valence-electron chi connectivity index (χ2n) is 3.19. The van der Waals surface area contributed by atoms with Gasteiger partial charge in [-0.1, -0.05) is 0 Å². The normalized spacial score (nSPS) is 15.2. The lowest BCUT2D eigenvalue weighted by molar-refractivity contribution is 0.0995. The van der Waals surface area contributed by atoms with E-state index >= 15 is 0 Å². The predicted octanol–water partition coefficient (Wildman–Crippen LogP) is 0.861. The van der Waals surface area contributed by atoms with Crippen LogP contribution in [0.1, 0.15) is 23.2 Å². The van der Waals surface area contributed by atoms with Gasteiger partial charge in [-0.05, 0) is 18.9 Å². The minimum absolute atomic E-state index is 0.183. The molecular weight excluding hydrogens is 187 g/mol. The fraction of sp³-hybridized carbons (Fsp3) is 0.333. The third kappa shape index (κ3) is 1.81. The zero-order valence-electron chi connectivity index (χ0n) is 7.37. The van der Waals surface area contributed by atoms with Crippen LogP contribution in [0.4, 0.5) is 4.39 Å². The number of ether oxygens (including phenoxy) is 1. The third-order valence-electron chi connectivity index (χ3n) is 1.91. The molecule has 0 unspecified atom stereocenters. The Labute approximate surface area is 79.9 Å². The Hall–Kier alpha value is -1.65. The zero-order chi connectivity index (χ0) is 10.1. The summed E-state index contributed by atoms with van der Waals surface area (Å²) in [5.41, 5.74) is 4.72. The van der Waals surface area contributed by atoms with Crippen LogP contribution in [-0.2, 0) is 0 Å². The molecule has 5 heteroatoms. The Morgan fingerprint density at radius 2 is 2.36 bits per heavy atom. The fourth-order valence-corrected chi connectivity index (χ4v) is 1.04. The maximum absolute atomic E-state index is 12.9. The van der Waals surface area contributed by atoms with Crippen molar-refractivity contribution in [3.05, 3.63) is 23.8 Å². The lowest BCUT2D eigenvalue weighted by Gasteiger charge is -2.04. The maximum atomic E-state index is 12.9. The summed E-state index contributed by atoms with van der Waals surface area (Å²) in [6, 6.07) is 1.28. The van der Waals surface area contributed by atoms with E-state index in [0.29, 0.717) is 5.75 Å². The van der Waals surface area contributed by atoms with Crippen LogP contribution in [0, 0.1) is 5.95 Å². The quantitative estimate of drug-likeness (QED) is 0.729. The van der Waals surface area contributed by atoms with Crippen LogP contribution in [-0.4, -0.2) is 17.0 Å². The molecular formula is C9H9FN2O2. The highest BCUT2D eigenvalue weighted by Gasteiger charge is 2.24. The van der Waals surface area contributed by atoms with Crippen molar-refractivity contribution in [2.75, 3.05) is 0 Å². The Morgan fingerprint density at radius 3 is 2.93 bits per heavy atom. The number of hydrogen-bond acceptors (Lipinski definition) is 3. The van der Waals surface area contributed by atoms with Crippen molar-refractivity contribution in [1.82, 2.24) is 4.98 Å². The summed E-state index contributed by atoms with van der Waals surface area (Å²) in [5, 5.41) is 0. The van der Waals surface area contributed by atoms with Crippen LogP contribution in [0.15, 0.2) is 12.3 Å². The second kappa shape index (κ2) is 3.25. The molecule has 0 radical (unpaired) electrons. The van der Waals surface area contributed by atoms with Crippen LogP contribution in [0.2, 0.25) is 0 Å². The minimum Gasteiger partial charge on any atom is -0.489 e. The van der Waals surface area contributed by atoms with Gasteiger partial charge in [-0.25, -0.2) is 4.98 Å². The molecule has 0 aliphatic heterocycles. The van der Waals surface area contributed by atoms with E-state index in [1.54, 1.807) is 0 Å². The largest absolute Gasteiger partial charge is 0.489 e. The molecule has 1 saturated carbocycles. The van der Waals surface area contributed by atoms with Gasteiger partial charge in [0.25, 0.3) is 5.91 Å². The van der Waals surface area contributed by atoms with Crippen molar-refractivity contribution in [3.63, 3.8) is 0 Å². The first kappa shape index (κ1) is 8.93. The van der Waals surface area contributed by atoms with Crippen molar-refractivity contribution in [1.29, 1.82) is 0 Å². The minimum atomic E-state index is -0.861. The van der Waals surface area contributed by atoms with E-state index in [-0.39, 0.29) is 11.7 Å². The molecule has 2 rings (SSSR count). The molecule has 1 heterocycles. The summed E-state index contributed by atoms with van der Waals surface area (Å²) in [4.78, 5) is 14.2. The number of rotatable bonds is 3. The van der Waals surface area contributed by atoms with Crippen molar-refractivity contribution in [3.8, 4) is 5.75 Å². The highest BCUT2D eigenvalue weighted by atomic mass is 19.1. The first-order chi connectivity index (χ1) is 6.66. The Balaban J connectivity index is 2.24. The molecule has 0 saturated heterocycles.